The van der Waals surface area contributed by atoms with Gasteiger partial charge in [-0.05, 0) is 41.8 Å². The second-order valence-corrected chi connectivity index (χ2v) is 10.5. The van der Waals surface area contributed by atoms with Gasteiger partial charge in [0.2, 0.25) is 0 Å². The average Bonchev–Trinajstić information content (AvgIpc) is 3.87. The molecule has 39 heavy (non-hydrogen) atoms. The van der Waals surface area contributed by atoms with Crippen LogP contribution in [0.3, 0.4) is 0 Å². The zero-order valence-corrected chi connectivity index (χ0v) is 22.8. The SMILES string of the molecule is Oc1cc(CC2CO2)ccc1-c1nc(-c2ccc(CC3CO3)cc2)nc(-c2ccc(OCCCBr)cc2O)n1. The summed E-state index contributed by atoms with van der Waals surface area (Å²) in [5, 5.41) is 22.6. The second kappa shape index (κ2) is 11.3. The topological polar surface area (TPSA) is 113 Å². The van der Waals surface area contributed by atoms with Crippen molar-refractivity contribution in [3.05, 3.63) is 71.8 Å². The quantitative estimate of drug-likeness (QED) is 0.137. The Bertz CT molecular complexity index is 1470. The summed E-state index contributed by atoms with van der Waals surface area (Å²) in [5.41, 5.74) is 3.89. The molecular formula is C30H28BrN3O5. The number of hydrogen-bond acceptors (Lipinski definition) is 8. The van der Waals surface area contributed by atoms with Gasteiger partial charge < -0.3 is 24.4 Å². The molecule has 2 fully saturated rings. The Morgan fingerprint density at radius 3 is 1.90 bits per heavy atom. The molecule has 2 aliphatic rings. The Morgan fingerprint density at radius 2 is 1.31 bits per heavy atom. The highest BCUT2D eigenvalue weighted by molar-refractivity contribution is 9.09. The molecule has 0 bridgehead atoms. The normalized spacial score (nSPS) is 17.7. The third-order valence-corrected chi connectivity index (χ3v) is 7.20. The first kappa shape index (κ1) is 25.7. The van der Waals surface area contributed by atoms with Gasteiger partial charge in [-0.15, -0.1) is 0 Å². The number of hydrogen-bond donors (Lipinski definition) is 2. The predicted molar refractivity (Wildman–Crippen MR) is 150 cm³/mol. The van der Waals surface area contributed by atoms with Gasteiger partial charge in [-0.25, -0.2) is 15.0 Å². The number of phenols is 2. The Labute approximate surface area is 234 Å². The van der Waals surface area contributed by atoms with E-state index >= 15 is 0 Å². The Kier molecular flexibility index (Phi) is 7.45. The van der Waals surface area contributed by atoms with Crippen LogP contribution in [0.15, 0.2) is 60.7 Å². The highest BCUT2D eigenvalue weighted by atomic mass is 79.9. The van der Waals surface area contributed by atoms with Crippen LogP contribution in [0.2, 0.25) is 0 Å². The number of alkyl halides is 1. The molecule has 0 aliphatic carbocycles. The number of phenolic OH excluding ortho intramolecular Hbond substituents is 2. The van der Waals surface area contributed by atoms with Crippen molar-refractivity contribution in [3.8, 4) is 51.4 Å². The van der Waals surface area contributed by atoms with E-state index in [0.29, 0.717) is 47.1 Å². The highest BCUT2D eigenvalue weighted by Crippen LogP contribution is 2.35. The number of rotatable bonds is 11. The van der Waals surface area contributed by atoms with Crippen LogP contribution >= 0.6 is 15.9 Å². The number of aromatic hydroxyl groups is 2. The van der Waals surface area contributed by atoms with Crippen LogP contribution in [-0.2, 0) is 22.3 Å². The third kappa shape index (κ3) is 6.38. The lowest BCUT2D eigenvalue weighted by Crippen LogP contribution is -2.02. The summed E-state index contributed by atoms with van der Waals surface area (Å²) in [7, 11) is 0. The maximum Gasteiger partial charge on any atom is 0.167 e. The van der Waals surface area contributed by atoms with Crippen LogP contribution in [0, 0.1) is 0 Å². The van der Waals surface area contributed by atoms with Crippen molar-refractivity contribution in [2.45, 2.75) is 31.5 Å². The molecule has 8 nitrogen and oxygen atoms in total. The lowest BCUT2D eigenvalue weighted by molar-refractivity contribution is 0.317. The first-order valence-electron chi connectivity index (χ1n) is 13.0. The van der Waals surface area contributed by atoms with Crippen LogP contribution in [0.1, 0.15) is 17.5 Å². The van der Waals surface area contributed by atoms with E-state index in [2.05, 4.69) is 20.9 Å². The Balaban J connectivity index is 1.37. The summed E-state index contributed by atoms with van der Waals surface area (Å²) in [6.07, 6.45) is 2.99. The third-order valence-electron chi connectivity index (χ3n) is 6.64. The molecule has 1 aromatic heterocycles. The molecule has 6 rings (SSSR count). The van der Waals surface area contributed by atoms with Crippen molar-refractivity contribution in [3.63, 3.8) is 0 Å². The predicted octanol–water partition coefficient (Wildman–Crippen LogP) is 5.33. The molecule has 3 heterocycles. The fraction of sp³-hybridized carbons (Fsp3) is 0.300. The first-order valence-corrected chi connectivity index (χ1v) is 14.1. The van der Waals surface area contributed by atoms with E-state index in [1.807, 2.05) is 36.4 Å². The number of ether oxygens (including phenoxy) is 3. The number of nitrogens with zero attached hydrogens (tertiary/aromatic N) is 3. The van der Waals surface area contributed by atoms with Crippen LogP contribution in [0.25, 0.3) is 34.2 Å². The average molecular weight is 590 g/mol. The van der Waals surface area contributed by atoms with Gasteiger partial charge in [-0.1, -0.05) is 46.3 Å². The highest BCUT2D eigenvalue weighted by Gasteiger charge is 2.24. The number of epoxide rings is 2. The molecule has 2 saturated heterocycles. The fourth-order valence-electron chi connectivity index (χ4n) is 4.36. The molecular weight excluding hydrogens is 562 g/mol. The van der Waals surface area contributed by atoms with Gasteiger partial charge in [0.25, 0.3) is 0 Å². The van der Waals surface area contributed by atoms with Crippen molar-refractivity contribution >= 4 is 15.9 Å². The molecule has 0 saturated carbocycles. The number of halogens is 1. The molecule has 2 N–H and O–H groups in total. The minimum Gasteiger partial charge on any atom is -0.507 e. The molecule has 2 aliphatic heterocycles. The summed E-state index contributed by atoms with van der Waals surface area (Å²) in [4.78, 5) is 14.1. The summed E-state index contributed by atoms with van der Waals surface area (Å²) >= 11 is 3.39. The van der Waals surface area contributed by atoms with E-state index in [4.69, 9.17) is 24.2 Å². The van der Waals surface area contributed by atoms with Crippen LogP contribution < -0.4 is 4.74 Å². The monoisotopic (exact) mass is 589 g/mol. The lowest BCUT2D eigenvalue weighted by atomic mass is 10.1. The number of aromatic nitrogens is 3. The van der Waals surface area contributed by atoms with E-state index in [0.717, 1.165) is 48.9 Å². The maximum absolute atomic E-state index is 10.9. The molecule has 2 unspecified atom stereocenters. The van der Waals surface area contributed by atoms with Gasteiger partial charge in [-0.3, -0.25) is 0 Å². The zero-order chi connectivity index (χ0) is 26.8. The zero-order valence-electron chi connectivity index (χ0n) is 21.2. The van der Waals surface area contributed by atoms with Crippen molar-refractivity contribution in [2.75, 3.05) is 25.2 Å². The summed E-state index contributed by atoms with van der Waals surface area (Å²) < 4.78 is 16.4. The first-order chi connectivity index (χ1) is 19.1. The molecule has 0 radical (unpaired) electrons. The van der Waals surface area contributed by atoms with Crippen molar-refractivity contribution in [2.24, 2.45) is 0 Å². The Hall–Kier alpha value is -3.53. The van der Waals surface area contributed by atoms with Gasteiger partial charge in [-0.2, -0.15) is 0 Å². The molecule has 9 heteroatoms. The van der Waals surface area contributed by atoms with Gasteiger partial charge in [0.05, 0.1) is 43.2 Å². The van der Waals surface area contributed by atoms with E-state index in [9.17, 15) is 10.2 Å². The van der Waals surface area contributed by atoms with Crippen molar-refractivity contribution < 1.29 is 24.4 Å². The molecule has 3 aromatic carbocycles. The van der Waals surface area contributed by atoms with E-state index in [-0.39, 0.29) is 17.6 Å². The van der Waals surface area contributed by atoms with Gasteiger partial charge >= 0.3 is 0 Å². The van der Waals surface area contributed by atoms with Crippen molar-refractivity contribution in [1.29, 1.82) is 0 Å². The minimum absolute atomic E-state index is 0.00164. The van der Waals surface area contributed by atoms with Crippen LogP contribution in [-0.4, -0.2) is 62.5 Å². The summed E-state index contributed by atoms with van der Waals surface area (Å²) in [5.74, 6) is 1.69. The van der Waals surface area contributed by atoms with E-state index < -0.39 is 0 Å². The smallest absolute Gasteiger partial charge is 0.167 e. The standard InChI is InChI=1S/C30H28BrN3O5/c31-10-1-11-37-21-7-9-25(27(36)15-21)30-33-28(20-5-2-18(3-6-20)12-22-16-38-22)32-29(34-30)24-8-4-19(14-26(24)35)13-23-17-39-23/h2-9,14-15,22-23,35-36H,1,10-13,16-17H2. The van der Waals surface area contributed by atoms with Crippen LogP contribution in [0.5, 0.6) is 17.2 Å². The molecule has 200 valence electrons. The largest absolute Gasteiger partial charge is 0.507 e. The van der Waals surface area contributed by atoms with Gasteiger partial charge in [0, 0.05) is 29.8 Å². The lowest BCUT2D eigenvalue weighted by Gasteiger charge is -2.12. The van der Waals surface area contributed by atoms with E-state index in [1.54, 1.807) is 24.3 Å². The van der Waals surface area contributed by atoms with Crippen molar-refractivity contribution in [1.82, 2.24) is 15.0 Å². The van der Waals surface area contributed by atoms with Gasteiger partial charge in [0.1, 0.15) is 17.2 Å². The molecule has 0 spiro atoms. The number of benzene rings is 3. The molecule has 0 amide bonds. The second-order valence-electron chi connectivity index (χ2n) is 9.74. The molecule has 2 atom stereocenters. The van der Waals surface area contributed by atoms with Gasteiger partial charge in [0.15, 0.2) is 17.5 Å². The Morgan fingerprint density at radius 1 is 0.744 bits per heavy atom. The molecule has 4 aromatic rings. The van der Waals surface area contributed by atoms with E-state index in [1.165, 1.54) is 5.56 Å². The fourth-order valence-corrected chi connectivity index (χ4v) is 4.59. The maximum atomic E-state index is 10.9. The minimum atomic E-state index is -0.00164. The van der Waals surface area contributed by atoms with Crippen LogP contribution in [0.4, 0.5) is 0 Å². The summed E-state index contributed by atoms with van der Waals surface area (Å²) in [6.45, 7) is 2.09. The summed E-state index contributed by atoms with van der Waals surface area (Å²) in [6, 6.07) is 18.6.